The number of carbonyl (C=O) groups is 2. The molecule has 0 aromatic heterocycles. The molecule has 0 radical (unpaired) electrons. The Balaban J connectivity index is 2.09. The minimum Gasteiger partial charge on any atom is -0.354 e. The minimum absolute atomic E-state index is 0.00103. The van der Waals surface area contributed by atoms with Crippen molar-refractivity contribution in [1.82, 2.24) is 10.2 Å². The molecule has 0 saturated carbocycles. The molecule has 0 aliphatic rings. The van der Waals surface area contributed by atoms with E-state index in [2.05, 4.69) is 5.32 Å². The van der Waals surface area contributed by atoms with E-state index in [1.165, 1.54) is 17.0 Å². The lowest BCUT2D eigenvalue weighted by atomic mass is 10.1. The van der Waals surface area contributed by atoms with Crippen LogP contribution in [0.15, 0.2) is 71.6 Å². The van der Waals surface area contributed by atoms with E-state index >= 15 is 0 Å². The number of hydrogen-bond acceptors (Lipinski definition) is 4. The minimum atomic E-state index is -4.13. The summed E-state index contributed by atoms with van der Waals surface area (Å²) in [6.07, 6.45) is 1.05. The molecule has 0 saturated heterocycles. The standard InChI is InChI=1S/C30H35Cl2N3O4S/c1-5-14-33-30(37)28(6-2)34(19-23-12-13-24(31)18-27(23)32)29(36)20-35(25-16-21(3)15-22(4)17-25)40(38,39)26-10-8-7-9-11-26/h7-13,15-18,28H,5-6,14,19-20H2,1-4H3,(H,33,37)/t28-/m1/s1. The number of benzene rings is 3. The first kappa shape index (κ1) is 31.5. The normalized spacial score (nSPS) is 12.1. The van der Waals surface area contributed by atoms with E-state index in [-0.39, 0.29) is 17.3 Å². The lowest BCUT2D eigenvalue weighted by molar-refractivity contribution is -0.140. The first-order chi connectivity index (χ1) is 19.0. The van der Waals surface area contributed by atoms with Crippen molar-refractivity contribution in [3.8, 4) is 0 Å². The van der Waals surface area contributed by atoms with Gasteiger partial charge in [0.05, 0.1) is 10.6 Å². The van der Waals surface area contributed by atoms with Gasteiger partial charge in [-0.2, -0.15) is 0 Å². The van der Waals surface area contributed by atoms with Crippen LogP contribution in [-0.4, -0.2) is 44.3 Å². The van der Waals surface area contributed by atoms with Crippen molar-refractivity contribution in [3.05, 3.63) is 93.5 Å². The molecule has 40 heavy (non-hydrogen) atoms. The molecule has 10 heteroatoms. The number of aryl methyl sites for hydroxylation is 2. The van der Waals surface area contributed by atoms with Crippen molar-refractivity contribution < 1.29 is 18.0 Å². The predicted octanol–water partition coefficient (Wildman–Crippen LogP) is 6.14. The summed E-state index contributed by atoms with van der Waals surface area (Å²) in [7, 11) is -4.13. The molecule has 3 aromatic carbocycles. The zero-order chi connectivity index (χ0) is 29.4. The van der Waals surface area contributed by atoms with Gasteiger partial charge in [-0.3, -0.25) is 13.9 Å². The van der Waals surface area contributed by atoms with Gasteiger partial charge in [-0.25, -0.2) is 8.42 Å². The molecule has 0 unspecified atom stereocenters. The Labute approximate surface area is 247 Å². The summed E-state index contributed by atoms with van der Waals surface area (Å²) in [5.41, 5.74) is 2.66. The summed E-state index contributed by atoms with van der Waals surface area (Å²) in [5.74, 6) is -0.852. The van der Waals surface area contributed by atoms with Crippen LogP contribution in [0.3, 0.4) is 0 Å². The van der Waals surface area contributed by atoms with Crippen LogP contribution < -0.4 is 9.62 Å². The second kappa shape index (κ2) is 14.0. The number of amides is 2. The molecule has 0 heterocycles. The largest absolute Gasteiger partial charge is 0.354 e. The third-order valence-electron chi connectivity index (χ3n) is 6.40. The van der Waals surface area contributed by atoms with Gasteiger partial charge in [0.25, 0.3) is 10.0 Å². The summed E-state index contributed by atoms with van der Waals surface area (Å²) in [5, 5.41) is 3.65. The maximum absolute atomic E-state index is 14.1. The number of halogens is 2. The highest BCUT2D eigenvalue weighted by Crippen LogP contribution is 2.28. The SMILES string of the molecule is CCCNC(=O)[C@@H](CC)N(Cc1ccc(Cl)cc1Cl)C(=O)CN(c1cc(C)cc(C)c1)S(=O)(=O)c1ccccc1. The maximum Gasteiger partial charge on any atom is 0.264 e. The smallest absolute Gasteiger partial charge is 0.264 e. The summed E-state index contributed by atoms with van der Waals surface area (Å²) >= 11 is 12.5. The highest BCUT2D eigenvalue weighted by molar-refractivity contribution is 7.92. The molecule has 1 N–H and O–H groups in total. The lowest BCUT2D eigenvalue weighted by Crippen LogP contribution is -2.52. The van der Waals surface area contributed by atoms with Crippen LogP contribution >= 0.6 is 23.2 Å². The quantitative estimate of drug-likeness (QED) is 0.269. The van der Waals surface area contributed by atoms with E-state index < -0.39 is 28.5 Å². The van der Waals surface area contributed by atoms with Gasteiger partial charge in [0.15, 0.2) is 0 Å². The van der Waals surface area contributed by atoms with Gasteiger partial charge in [0.2, 0.25) is 11.8 Å². The molecule has 214 valence electrons. The number of hydrogen-bond donors (Lipinski definition) is 1. The Morgan fingerprint density at radius 3 is 2.15 bits per heavy atom. The fourth-order valence-corrected chi connectivity index (χ4v) is 6.35. The molecule has 0 bridgehead atoms. The number of nitrogens with zero attached hydrogens (tertiary/aromatic N) is 2. The van der Waals surface area contributed by atoms with Crippen LogP contribution in [0.1, 0.15) is 43.4 Å². The highest BCUT2D eigenvalue weighted by Gasteiger charge is 2.34. The van der Waals surface area contributed by atoms with Crippen molar-refractivity contribution in [2.24, 2.45) is 0 Å². The van der Waals surface area contributed by atoms with E-state index in [9.17, 15) is 18.0 Å². The van der Waals surface area contributed by atoms with Gasteiger partial charge in [-0.15, -0.1) is 0 Å². The van der Waals surface area contributed by atoms with Gasteiger partial charge in [-0.1, -0.05) is 67.4 Å². The van der Waals surface area contributed by atoms with Crippen LogP contribution in [-0.2, 0) is 26.2 Å². The van der Waals surface area contributed by atoms with Gasteiger partial charge >= 0.3 is 0 Å². The van der Waals surface area contributed by atoms with E-state index in [1.54, 1.807) is 48.5 Å². The molecule has 3 rings (SSSR count). The fourth-order valence-electron chi connectivity index (χ4n) is 4.46. The van der Waals surface area contributed by atoms with Crippen molar-refractivity contribution >= 4 is 50.7 Å². The number of nitrogens with one attached hydrogen (secondary N) is 1. The average Bonchev–Trinajstić information content (AvgIpc) is 2.91. The van der Waals surface area contributed by atoms with Crippen LogP contribution in [0.25, 0.3) is 0 Å². The van der Waals surface area contributed by atoms with Gasteiger partial charge in [-0.05, 0) is 79.8 Å². The summed E-state index contributed by atoms with van der Waals surface area (Å²) < 4.78 is 28.9. The first-order valence-electron chi connectivity index (χ1n) is 13.1. The van der Waals surface area contributed by atoms with Gasteiger partial charge in [0.1, 0.15) is 12.6 Å². The second-order valence-electron chi connectivity index (χ2n) is 9.64. The molecule has 0 fully saturated rings. The van der Waals surface area contributed by atoms with E-state index in [0.717, 1.165) is 21.9 Å². The number of rotatable bonds is 12. The van der Waals surface area contributed by atoms with Crippen molar-refractivity contribution in [2.75, 3.05) is 17.4 Å². The molecular formula is C30H35Cl2N3O4S. The number of sulfonamides is 1. The van der Waals surface area contributed by atoms with E-state index in [1.807, 2.05) is 33.8 Å². The lowest BCUT2D eigenvalue weighted by Gasteiger charge is -2.33. The van der Waals surface area contributed by atoms with Crippen LogP contribution in [0, 0.1) is 13.8 Å². The molecular weight excluding hydrogens is 569 g/mol. The van der Waals surface area contributed by atoms with Crippen LogP contribution in [0.5, 0.6) is 0 Å². The zero-order valence-electron chi connectivity index (χ0n) is 23.2. The third kappa shape index (κ3) is 7.77. The maximum atomic E-state index is 14.1. The molecule has 0 aliphatic heterocycles. The fraction of sp³-hybridized carbons (Fsp3) is 0.333. The molecule has 7 nitrogen and oxygen atoms in total. The molecule has 0 aliphatic carbocycles. The summed E-state index contributed by atoms with van der Waals surface area (Å²) in [4.78, 5) is 28.7. The molecule has 0 spiro atoms. The van der Waals surface area contributed by atoms with Gasteiger partial charge in [0, 0.05) is 23.1 Å². The predicted molar refractivity (Wildman–Crippen MR) is 161 cm³/mol. The van der Waals surface area contributed by atoms with Crippen LogP contribution in [0.2, 0.25) is 10.0 Å². The Bertz CT molecular complexity index is 1430. The number of anilines is 1. The van der Waals surface area contributed by atoms with E-state index in [4.69, 9.17) is 23.2 Å². The van der Waals surface area contributed by atoms with E-state index in [0.29, 0.717) is 34.3 Å². The third-order valence-corrected chi connectivity index (χ3v) is 8.77. The van der Waals surface area contributed by atoms with Crippen molar-refractivity contribution in [1.29, 1.82) is 0 Å². The van der Waals surface area contributed by atoms with Crippen molar-refractivity contribution in [3.63, 3.8) is 0 Å². The first-order valence-corrected chi connectivity index (χ1v) is 15.3. The Morgan fingerprint density at radius 2 is 1.57 bits per heavy atom. The topological polar surface area (TPSA) is 86.8 Å². The molecule has 2 amide bonds. The molecule has 1 atom stereocenters. The Kier molecular flexibility index (Phi) is 11.0. The second-order valence-corrected chi connectivity index (χ2v) is 12.3. The average molecular weight is 605 g/mol. The Hall–Kier alpha value is -3.07. The Morgan fingerprint density at radius 1 is 0.925 bits per heavy atom. The summed E-state index contributed by atoms with van der Waals surface area (Å²) in [6.45, 7) is 7.42. The zero-order valence-corrected chi connectivity index (χ0v) is 25.5. The summed E-state index contributed by atoms with van der Waals surface area (Å²) in [6, 6.07) is 17.5. The van der Waals surface area contributed by atoms with Crippen LogP contribution in [0.4, 0.5) is 5.69 Å². The highest BCUT2D eigenvalue weighted by atomic mass is 35.5. The number of carbonyl (C=O) groups excluding carboxylic acids is 2. The van der Waals surface area contributed by atoms with Gasteiger partial charge < -0.3 is 10.2 Å². The van der Waals surface area contributed by atoms with Crippen molar-refractivity contribution in [2.45, 2.75) is 58.0 Å². The monoisotopic (exact) mass is 603 g/mol. The molecule has 3 aromatic rings.